The Labute approximate surface area is 127 Å². The van der Waals surface area contributed by atoms with E-state index < -0.39 is 0 Å². The van der Waals surface area contributed by atoms with Crippen molar-refractivity contribution in [2.45, 2.75) is 19.8 Å². The zero-order valence-electron chi connectivity index (χ0n) is 11.8. The number of ether oxygens (including phenoxy) is 1. The van der Waals surface area contributed by atoms with Gasteiger partial charge in [-0.1, -0.05) is 22.9 Å². The van der Waals surface area contributed by atoms with E-state index in [0.29, 0.717) is 0 Å². The Morgan fingerprint density at radius 2 is 2.25 bits per heavy atom. The zero-order valence-corrected chi connectivity index (χ0v) is 13.4. The first-order valence-corrected chi connectivity index (χ1v) is 7.53. The molecule has 4 nitrogen and oxygen atoms in total. The first-order chi connectivity index (χ1) is 9.74. The van der Waals surface area contributed by atoms with Gasteiger partial charge in [0.1, 0.15) is 5.75 Å². The highest BCUT2D eigenvalue weighted by atomic mass is 79.9. The van der Waals surface area contributed by atoms with Gasteiger partial charge >= 0.3 is 0 Å². The summed E-state index contributed by atoms with van der Waals surface area (Å²) in [6.45, 7) is 4.08. The van der Waals surface area contributed by atoms with Gasteiger partial charge < -0.3 is 14.5 Å². The van der Waals surface area contributed by atoms with Gasteiger partial charge in [0, 0.05) is 10.9 Å². The van der Waals surface area contributed by atoms with Crippen LogP contribution in [0.25, 0.3) is 11.3 Å². The van der Waals surface area contributed by atoms with Gasteiger partial charge in [0.2, 0.25) is 0 Å². The van der Waals surface area contributed by atoms with E-state index in [4.69, 9.17) is 9.15 Å². The predicted octanol–water partition coefficient (Wildman–Crippen LogP) is 3.65. The standard InChI is InChI=1S/C15H19BrN2O2/c1-3-17-8-4-5-15-18-10-14(20-15)12-7-6-11(16)9-13(12)19-2/h6-7,9-10,17H,3-5,8H2,1-2H3. The van der Waals surface area contributed by atoms with Gasteiger partial charge in [-0.25, -0.2) is 4.98 Å². The molecule has 1 N–H and O–H groups in total. The maximum atomic E-state index is 5.80. The molecule has 0 aliphatic carbocycles. The summed E-state index contributed by atoms with van der Waals surface area (Å²) in [5.41, 5.74) is 0.918. The van der Waals surface area contributed by atoms with Gasteiger partial charge in [0.15, 0.2) is 11.7 Å². The number of halogens is 1. The number of oxazole rings is 1. The summed E-state index contributed by atoms with van der Waals surface area (Å²) in [5.74, 6) is 2.28. The number of hydrogen-bond donors (Lipinski definition) is 1. The third kappa shape index (κ3) is 3.84. The Kier molecular flexibility index (Phi) is 5.61. The van der Waals surface area contributed by atoms with E-state index in [2.05, 4.69) is 33.2 Å². The van der Waals surface area contributed by atoms with Crippen LogP contribution in [0.5, 0.6) is 5.75 Å². The van der Waals surface area contributed by atoms with Crippen molar-refractivity contribution in [2.24, 2.45) is 0 Å². The minimum Gasteiger partial charge on any atom is -0.496 e. The molecule has 0 atom stereocenters. The number of aromatic nitrogens is 1. The molecule has 0 unspecified atom stereocenters. The van der Waals surface area contributed by atoms with Crippen molar-refractivity contribution in [3.8, 4) is 17.1 Å². The summed E-state index contributed by atoms with van der Waals surface area (Å²) in [6, 6.07) is 5.85. The van der Waals surface area contributed by atoms with Crippen LogP contribution in [-0.2, 0) is 6.42 Å². The zero-order chi connectivity index (χ0) is 14.4. The molecule has 0 fully saturated rings. The molecule has 1 aromatic heterocycles. The van der Waals surface area contributed by atoms with Crippen LogP contribution >= 0.6 is 15.9 Å². The summed E-state index contributed by atoms with van der Waals surface area (Å²) < 4.78 is 12.1. The van der Waals surface area contributed by atoms with Crippen LogP contribution in [0.15, 0.2) is 33.3 Å². The van der Waals surface area contributed by atoms with E-state index in [1.165, 1.54) is 0 Å². The quantitative estimate of drug-likeness (QED) is 0.782. The molecule has 1 aromatic carbocycles. The van der Waals surface area contributed by atoms with Crippen molar-refractivity contribution in [3.63, 3.8) is 0 Å². The van der Waals surface area contributed by atoms with Crippen LogP contribution < -0.4 is 10.1 Å². The molecule has 1 heterocycles. The van der Waals surface area contributed by atoms with E-state index in [-0.39, 0.29) is 0 Å². The average molecular weight is 339 g/mol. The van der Waals surface area contributed by atoms with E-state index in [0.717, 1.165) is 53.4 Å². The third-order valence-electron chi connectivity index (χ3n) is 2.98. The summed E-state index contributed by atoms with van der Waals surface area (Å²) in [6.07, 6.45) is 3.62. The molecule has 2 aromatic rings. The average Bonchev–Trinajstić information content (AvgIpc) is 2.92. The summed E-state index contributed by atoms with van der Waals surface area (Å²) in [4.78, 5) is 4.33. The van der Waals surface area contributed by atoms with Gasteiger partial charge in [0.05, 0.1) is 18.9 Å². The number of benzene rings is 1. The van der Waals surface area contributed by atoms with E-state index >= 15 is 0 Å². The lowest BCUT2D eigenvalue weighted by Crippen LogP contribution is -2.14. The van der Waals surface area contributed by atoms with E-state index in [9.17, 15) is 0 Å². The Balaban J connectivity index is 2.08. The maximum Gasteiger partial charge on any atom is 0.194 e. The number of hydrogen-bond acceptors (Lipinski definition) is 4. The fraction of sp³-hybridized carbons (Fsp3) is 0.400. The monoisotopic (exact) mass is 338 g/mol. The van der Waals surface area contributed by atoms with Crippen molar-refractivity contribution in [2.75, 3.05) is 20.2 Å². The fourth-order valence-corrected chi connectivity index (χ4v) is 2.30. The van der Waals surface area contributed by atoms with Gasteiger partial charge in [-0.2, -0.15) is 0 Å². The minimum absolute atomic E-state index is 0.743. The molecule has 20 heavy (non-hydrogen) atoms. The molecule has 108 valence electrons. The van der Waals surface area contributed by atoms with Crippen LogP contribution in [-0.4, -0.2) is 25.2 Å². The minimum atomic E-state index is 0.743. The van der Waals surface area contributed by atoms with Crippen molar-refractivity contribution < 1.29 is 9.15 Å². The topological polar surface area (TPSA) is 47.3 Å². The Morgan fingerprint density at radius 1 is 1.40 bits per heavy atom. The fourth-order valence-electron chi connectivity index (χ4n) is 1.96. The highest BCUT2D eigenvalue weighted by Gasteiger charge is 2.11. The van der Waals surface area contributed by atoms with Crippen LogP contribution in [0.4, 0.5) is 0 Å². The highest BCUT2D eigenvalue weighted by Crippen LogP contribution is 2.32. The molecule has 0 aliphatic heterocycles. The lowest BCUT2D eigenvalue weighted by molar-refractivity contribution is 0.413. The number of nitrogens with zero attached hydrogens (tertiary/aromatic N) is 1. The lowest BCUT2D eigenvalue weighted by atomic mass is 10.1. The number of aryl methyl sites for hydroxylation is 1. The highest BCUT2D eigenvalue weighted by molar-refractivity contribution is 9.10. The lowest BCUT2D eigenvalue weighted by Gasteiger charge is -2.06. The van der Waals surface area contributed by atoms with Gasteiger partial charge in [-0.05, 0) is 37.7 Å². The molecule has 2 rings (SSSR count). The summed E-state index contributed by atoms with van der Waals surface area (Å²) in [5, 5.41) is 3.29. The number of nitrogens with one attached hydrogen (secondary N) is 1. The third-order valence-corrected chi connectivity index (χ3v) is 3.47. The Hall–Kier alpha value is -1.33. The molecule has 5 heteroatoms. The molecule has 0 radical (unpaired) electrons. The van der Waals surface area contributed by atoms with Crippen molar-refractivity contribution >= 4 is 15.9 Å². The molecule has 0 bridgehead atoms. The largest absolute Gasteiger partial charge is 0.496 e. The summed E-state index contributed by atoms with van der Waals surface area (Å²) >= 11 is 3.43. The second-order valence-electron chi connectivity index (χ2n) is 4.42. The number of rotatable bonds is 7. The smallest absolute Gasteiger partial charge is 0.194 e. The normalized spacial score (nSPS) is 10.8. The molecule has 0 spiro atoms. The SMILES string of the molecule is CCNCCCc1ncc(-c2ccc(Br)cc2OC)o1. The van der Waals surface area contributed by atoms with Crippen LogP contribution in [0.1, 0.15) is 19.2 Å². The van der Waals surface area contributed by atoms with Gasteiger partial charge in [0.25, 0.3) is 0 Å². The Bertz CT molecular complexity index is 555. The van der Waals surface area contributed by atoms with E-state index in [1.807, 2.05) is 18.2 Å². The predicted molar refractivity (Wildman–Crippen MR) is 83.1 cm³/mol. The second-order valence-corrected chi connectivity index (χ2v) is 5.34. The van der Waals surface area contributed by atoms with Gasteiger partial charge in [-0.15, -0.1) is 0 Å². The van der Waals surface area contributed by atoms with Crippen LogP contribution in [0, 0.1) is 0 Å². The Morgan fingerprint density at radius 3 is 3.00 bits per heavy atom. The molecular weight excluding hydrogens is 320 g/mol. The molecule has 0 saturated carbocycles. The van der Waals surface area contributed by atoms with Gasteiger partial charge in [-0.3, -0.25) is 0 Å². The van der Waals surface area contributed by atoms with Crippen molar-refractivity contribution in [3.05, 3.63) is 34.8 Å². The first kappa shape index (κ1) is 15.1. The van der Waals surface area contributed by atoms with Crippen molar-refractivity contribution in [1.29, 1.82) is 0 Å². The number of methoxy groups -OCH3 is 1. The molecular formula is C15H19BrN2O2. The van der Waals surface area contributed by atoms with Crippen LogP contribution in [0.3, 0.4) is 0 Å². The molecule has 0 amide bonds. The first-order valence-electron chi connectivity index (χ1n) is 6.74. The second kappa shape index (κ2) is 7.45. The molecule has 0 saturated heterocycles. The maximum absolute atomic E-state index is 5.80. The summed E-state index contributed by atoms with van der Waals surface area (Å²) in [7, 11) is 1.65. The van der Waals surface area contributed by atoms with Crippen molar-refractivity contribution in [1.82, 2.24) is 10.3 Å². The molecule has 0 aliphatic rings. The van der Waals surface area contributed by atoms with Crippen LogP contribution in [0.2, 0.25) is 0 Å². The van der Waals surface area contributed by atoms with E-state index in [1.54, 1.807) is 13.3 Å².